The Morgan fingerprint density at radius 1 is 1.23 bits per heavy atom. The van der Waals surface area contributed by atoms with Gasteiger partial charge >= 0.3 is 12.1 Å². The van der Waals surface area contributed by atoms with Gasteiger partial charge in [-0.2, -0.15) is 0 Å². The fourth-order valence-electron chi connectivity index (χ4n) is 1.78. The van der Waals surface area contributed by atoms with Crippen LogP contribution in [0, 0.1) is 0 Å². The highest BCUT2D eigenvalue weighted by atomic mass is 16.6. The van der Waals surface area contributed by atoms with Crippen LogP contribution in [0.2, 0.25) is 0 Å². The van der Waals surface area contributed by atoms with E-state index in [1.807, 2.05) is 0 Å². The third-order valence-corrected chi connectivity index (χ3v) is 2.67. The van der Waals surface area contributed by atoms with E-state index in [-0.39, 0.29) is 6.61 Å². The number of hydrogen-bond donors (Lipinski definition) is 2. The van der Waals surface area contributed by atoms with E-state index in [0.717, 1.165) is 0 Å². The van der Waals surface area contributed by atoms with E-state index in [4.69, 9.17) is 9.47 Å². The van der Waals surface area contributed by atoms with Crippen LogP contribution in [0.15, 0.2) is 30.3 Å². The van der Waals surface area contributed by atoms with Gasteiger partial charge in [-0.15, -0.1) is 0 Å². The maximum Gasteiger partial charge on any atom is 0.408 e. The third-order valence-electron chi connectivity index (χ3n) is 2.67. The van der Waals surface area contributed by atoms with Crippen molar-refractivity contribution in [1.82, 2.24) is 5.32 Å². The highest BCUT2D eigenvalue weighted by molar-refractivity contribution is 5.82. The molecule has 0 spiro atoms. The van der Waals surface area contributed by atoms with Gasteiger partial charge in [0.1, 0.15) is 11.7 Å². The molecule has 0 unspecified atom stereocenters. The summed E-state index contributed by atoms with van der Waals surface area (Å²) in [6, 6.07) is 7.33. The number of aliphatic hydroxyl groups is 1. The fraction of sp³-hybridized carbons (Fsp3) is 0.500. The maximum atomic E-state index is 12.0. The molecule has 122 valence electrons. The molecule has 2 atom stereocenters. The molecule has 0 heterocycles. The summed E-state index contributed by atoms with van der Waals surface area (Å²) < 4.78 is 10.0. The molecule has 1 aromatic carbocycles. The van der Waals surface area contributed by atoms with Gasteiger partial charge in [-0.05, 0) is 33.3 Å². The Hall–Kier alpha value is -2.08. The first-order valence-electron chi connectivity index (χ1n) is 7.13. The molecule has 0 fully saturated rings. The Bertz CT molecular complexity index is 495. The molecular formula is C16H23NO5. The summed E-state index contributed by atoms with van der Waals surface area (Å²) in [5.74, 6) is -0.718. The molecule has 1 rings (SSSR count). The summed E-state index contributed by atoms with van der Waals surface area (Å²) >= 11 is 0. The molecule has 0 saturated carbocycles. The summed E-state index contributed by atoms with van der Waals surface area (Å²) in [7, 11) is 0. The van der Waals surface area contributed by atoms with Crippen LogP contribution in [-0.2, 0) is 14.3 Å². The largest absolute Gasteiger partial charge is 0.464 e. The topological polar surface area (TPSA) is 84.9 Å². The zero-order valence-electron chi connectivity index (χ0n) is 13.3. The predicted molar refractivity (Wildman–Crippen MR) is 81.2 cm³/mol. The van der Waals surface area contributed by atoms with Gasteiger partial charge in [-0.3, -0.25) is 0 Å². The molecule has 2 N–H and O–H groups in total. The normalized spacial score (nSPS) is 13.9. The summed E-state index contributed by atoms with van der Waals surface area (Å²) in [6.07, 6.45) is -2.02. The third kappa shape index (κ3) is 5.73. The van der Waals surface area contributed by atoms with Gasteiger partial charge in [0.15, 0.2) is 6.04 Å². The van der Waals surface area contributed by atoms with E-state index in [9.17, 15) is 14.7 Å². The smallest absolute Gasteiger partial charge is 0.408 e. The average Bonchev–Trinajstić information content (AvgIpc) is 2.43. The molecule has 1 aromatic rings. The number of rotatable bonds is 5. The van der Waals surface area contributed by atoms with E-state index in [0.29, 0.717) is 5.56 Å². The molecular weight excluding hydrogens is 286 g/mol. The molecule has 1 amide bonds. The summed E-state index contributed by atoms with van der Waals surface area (Å²) in [5.41, 5.74) is -0.210. The number of alkyl carbamates (subject to hydrolysis) is 1. The summed E-state index contributed by atoms with van der Waals surface area (Å²) in [6.45, 7) is 6.92. The number of carbonyl (C=O) groups is 2. The Kier molecular flexibility index (Phi) is 6.37. The highest BCUT2D eigenvalue weighted by Crippen LogP contribution is 2.18. The van der Waals surface area contributed by atoms with Crippen LogP contribution >= 0.6 is 0 Å². The number of amides is 1. The maximum absolute atomic E-state index is 12.0. The van der Waals surface area contributed by atoms with Crippen LogP contribution < -0.4 is 5.32 Å². The Morgan fingerprint density at radius 2 is 1.82 bits per heavy atom. The van der Waals surface area contributed by atoms with Crippen molar-refractivity contribution < 1.29 is 24.2 Å². The van der Waals surface area contributed by atoms with Crippen LogP contribution in [0.25, 0.3) is 0 Å². The van der Waals surface area contributed by atoms with Crippen molar-refractivity contribution in [1.29, 1.82) is 0 Å². The number of benzene rings is 1. The lowest BCUT2D eigenvalue weighted by Crippen LogP contribution is -2.47. The predicted octanol–water partition coefficient (Wildman–Crippen LogP) is 2.18. The standard InChI is InChI=1S/C16H23NO5/c1-5-21-14(19)12(17-15(20)22-16(2,3)4)13(18)11-9-7-6-8-10-11/h6-10,12-13,18H,5H2,1-4H3,(H,17,20)/t12-,13-/m1/s1. The van der Waals surface area contributed by atoms with E-state index in [2.05, 4.69) is 5.32 Å². The first kappa shape index (κ1) is 18.0. The van der Waals surface area contributed by atoms with Crippen molar-refractivity contribution >= 4 is 12.1 Å². The van der Waals surface area contributed by atoms with Crippen molar-refractivity contribution in [2.75, 3.05) is 6.61 Å². The molecule has 0 aromatic heterocycles. The molecule has 0 aliphatic carbocycles. The number of ether oxygens (including phenoxy) is 2. The van der Waals surface area contributed by atoms with Gasteiger partial charge in [0.25, 0.3) is 0 Å². The zero-order valence-corrected chi connectivity index (χ0v) is 13.3. The van der Waals surface area contributed by atoms with Crippen molar-refractivity contribution in [3.05, 3.63) is 35.9 Å². The first-order chi connectivity index (χ1) is 10.2. The Balaban J connectivity index is 2.89. The fourth-order valence-corrected chi connectivity index (χ4v) is 1.78. The second-order valence-electron chi connectivity index (χ2n) is 5.73. The summed E-state index contributed by atoms with van der Waals surface area (Å²) in [4.78, 5) is 23.9. The minimum atomic E-state index is -1.24. The van der Waals surface area contributed by atoms with Gasteiger partial charge < -0.3 is 19.9 Å². The van der Waals surface area contributed by atoms with Crippen LogP contribution in [0.4, 0.5) is 4.79 Å². The van der Waals surface area contributed by atoms with Crippen molar-refractivity contribution in [2.45, 2.75) is 45.4 Å². The summed E-state index contributed by atoms with van der Waals surface area (Å²) in [5, 5.41) is 12.7. The van der Waals surface area contributed by atoms with Gasteiger partial charge in [-0.1, -0.05) is 30.3 Å². The Labute approximate surface area is 130 Å². The van der Waals surface area contributed by atoms with Crippen LogP contribution in [0.5, 0.6) is 0 Å². The van der Waals surface area contributed by atoms with Gasteiger partial charge in [0, 0.05) is 0 Å². The number of hydrogen-bond acceptors (Lipinski definition) is 5. The minimum absolute atomic E-state index is 0.146. The second-order valence-corrected chi connectivity index (χ2v) is 5.73. The number of aliphatic hydroxyl groups excluding tert-OH is 1. The number of esters is 1. The number of nitrogens with one attached hydrogen (secondary N) is 1. The zero-order chi connectivity index (χ0) is 16.8. The Morgan fingerprint density at radius 3 is 2.32 bits per heavy atom. The van der Waals surface area contributed by atoms with E-state index < -0.39 is 29.8 Å². The van der Waals surface area contributed by atoms with Gasteiger partial charge in [-0.25, -0.2) is 9.59 Å². The van der Waals surface area contributed by atoms with Crippen LogP contribution in [0.3, 0.4) is 0 Å². The highest BCUT2D eigenvalue weighted by Gasteiger charge is 2.32. The van der Waals surface area contributed by atoms with Crippen molar-refractivity contribution in [3.8, 4) is 0 Å². The molecule has 0 radical (unpaired) electrons. The molecule has 0 saturated heterocycles. The van der Waals surface area contributed by atoms with Gasteiger partial charge in [0.2, 0.25) is 0 Å². The van der Waals surface area contributed by atoms with E-state index >= 15 is 0 Å². The molecule has 0 aliphatic heterocycles. The van der Waals surface area contributed by atoms with Crippen LogP contribution in [-0.4, -0.2) is 35.4 Å². The second kappa shape index (κ2) is 7.79. The van der Waals surface area contributed by atoms with Crippen molar-refractivity contribution in [2.24, 2.45) is 0 Å². The average molecular weight is 309 g/mol. The van der Waals surface area contributed by atoms with Crippen LogP contribution in [0.1, 0.15) is 39.4 Å². The van der Waals surface area contributed by atoms with Crippen molar-refractivity contribution in [3.63, 3.8) is 0 Å². The molecule has 0 bridgehead atoms. The van der Waals surface area contributed by atoms with E-state index in [1.165, 1.54) is 0 Å². The SMILES string of the molecule is CCOC(=O)[C@H](NC(=O)OC(C)(C)C)[C@H](O)c1ccccc1. The number of carbonyl (C=O) groups excluding carboxylic acids is 2. The molecule has 6 nitrogen and oxygen atoms in total. The minimum Gasteiger partial charge on any atom is -0.464 e. The van der Waals surface area contributed by atoms with Gasteiger partial charge in [0.05, 0.1) is 6.61 Å². The molecule has 22 heavy (non-hydrogen) atoms. The lowest BCUT2D eigenvalue weighted by molar-refractivity contribution is -0.148. The lowest BCUT2D eigenvalue weighted by Gasteiger charge is -2.25. The lowest BCUT2D eigenvalue weighted by atomic mass is 10.0. The first-order valence-corrected chi connectivity index (χ1v) is 7.13. The van der Waals surface area contributed by atoms with E-state index in [1.54, 1.807) is 58.0 Å². The molecule has 0 aliphatic rings. The molecule has 6 heteroatoms. The monoisotopic (exact) mass is 309 g/mol. The quantitative estimate of drug-likeness (QED) is 0.814.